The lowest BCUT2D eigenvalue weighted by atomic mass is 9.83. The van der Waals surface area contributed by atoms with E-state index in [1.165, 1.54) is 12.1 Å². The molecule has 33 heavy (non-hydrogen) atoms. The van der Waals surface area contributed by atoms with E-state index < -0.39 is 16.9 Å². The Bertz CT molecular complexity index is 1190. The number of carbonyl (C=O) groups is 2. The summed E-state index contributed by atoms with van der Waals surface area (Å²) in [6.07, 6.45) is 1.97. The molecule has 1 saturated heterocycles. The third-order valence-electron chi connectivity index (χ3n) is 7.46. The van der Waals surface area contributed by atoms with Gasteiger partial charge in [-0.25, -0.2) is 4.39 Å². The molecule has 2 unspecified atom stereocenters. The van der Waals surface area contributed by atoms with Crippen LogP contribution in [-0.4, -0.2) is 41.8 Å². The van der Waals surface area contributed by atoms with E-state index in [4.69, 9.17) is 0 Å². The predicted molar refractivity (Wildman–Crippen MR) is 133 cm³/mol. The Balaban J connectivity index is 1.85. The lowest BCUT2D eigenvalue weighted by molar-refractivity contribution is -0.125. The van der Waals surface area contributed by atoms with Crippen molar-refractivity contribution in [3.05, 3.63) is 70.6 Å². The lowest BCUT2D eigenvalue weighted by Crippen LogP contribution is -2.43. The number of hydrogen-bond donors (Lipinski definition) is 1. The van der Waals surface area contributed by atoms with E-state index in [1.807, 2.05) is 19.9 Å². The third-order valence-corrected chi connectivity index (χ3v) is 7.94. The molecular formula is C26H31FN3O2P. The van der Waals surface area contributed by atoms with E-state index in [1.54, 1.807) is 22.9 Å². The number of carbonyl (C=O) groups excluding carboxylic acids is 2. The van der Waals surface area contributed by atoms with Crippen LogP contribution in [0.1, 0.15) is 52.9 Å². The van der Waals surface area contributed by atoms with Crippen molar-refractivity contribution in [1.82, 2.24) is 9.80 Å². The zero-order chi connectivity index (χ0) is 24.3. The summed E-state index contributed by atoms with van der Waals surface area (Å²) in [4.78, 5) is 28.7. The number of nitrogens with one attached hydrogen (secondary N) is 1. The van der Waals surface area contributed by atoms with Crippen LogP contribution in [0.4, 0.5) is 10.1 Å². The maximum atomic E-state index is 15.4. The van der Waals surface area contributed by atoms with Gasteiger partial charge in [-0.2, -0.15) is 0 Å². The second kappa shape index (κ2) is 7.95. The largest absolute Gasteiger partial charge is 0.374 e. The smallest absolute Gasteiger partial charge is 0.254 e. The number of amides is 2. The average molecular weight is 468 g/mol. The van der Waals surface area contributed by atoms with Crippen molar-refractivity contribution in [2.75, 3.05) is 25.5 Å². The quantitative estimate of drug-likeness (QED) is 0.547. The van der Waals surface area contributed by atoms with Crippen LogP contribution < -0.4 is 10.6 Å². The first-order chi connectivity index (χ1) is 15.4. The first-order valence-electron chi connectivity index (χ1n) is 11.1. The minimum Gasteiger partial charge on any atom is -0.374 e. The second-order valence-electron chi connectivity index (χ2n) is 9.70. The normalized spacial score (nSPS) is 21.4. The van der Waals surface area contributed by atoms with Gasteiger partial charge in [-0.3, -0.25) is 9.59 Å². The summed E-state index contributed by atoms with van der Waals surface area (Å²) in [6.45, 7) is 12.4. The minimum absolute atomic E-state index is 0.132. The minimum atomic E-state index is -0.715. The van der Waals surface area contributed by atoms with E-state index in [0.29, 0.717) is 36.3 Å². The number of anilines is 1. The second-order valence-corrected chi connectivity index (χ2v) is 10.3. The summed E-state index contributed by atoms with van der Waals surface area (Å²) in [5, 5.41) is 4.59. The molecule has 2 heterocycles. The van der Waals surface area contributed by atoms with Gasteiger partial charge in [0.15, 0.2) is 0 Å². The maximum absolute atomic E-state index is 15.4. The van der Waals surface area contributed by atoms with E-state index in [0.717, 1.165) is 22.0 Å². The van der Waals surface area contributed by atoms with Crippen molar-refractivity contribution in [2.24, 2.45) is 0 Å². The van der Waals surface area contributed by atoms with Gasteiger partial charge in [-0.05, 0) is 74.3 Å². The first kappa shape index (κ1) is 23.4. The highest BCUT2D eigenvalue weighted by atomic mass is 31.0. The Morgan fingerprint density at radius 1 is 1.24 bits per heavy atom. The van der Waals surface area contributed by atoms with Gasteiger partial charge < -0.3 is 15.1 Å². The zero-order valence-electron chi connectivity index (χ0n) is 19.9. The Morgan fingerprint density at radius 3 is 2.61 bits per heavy atom. The SMILES string of the molecule is C=CC(=O)N1CCC(Nc2cc(F)c3c(c2)C(=O)N(C)C3(C)C)(c2c(P)ccc(C)c2C)C1. The molecule has 0 aromatic heterocycles. The summed E-state index contributed by atoms with van der Waals surface area (Å²) in [7, 11) is 4.49. The predicted octanol–water partition coefficient (Wildman–Crippen LogP) is 3.99. The van der Waals surface area contributed by atoms with Crippen molar-refractivity contribution in [2.45, 2.75) is 45.2 Å². The molecule has 0 saturated carbocycles. The highest BCUT2D eigenvalue weighted by molar-refractivity contribution is 7.27. The van der Waals surface area contributed by atoms with Crippen molar-refractivity contribution in [1.29, 1.82) is 0 Å². The van der Waals surface area contributed by atoms with Gasteiger partial charge in [-0.15, -0.1) is 9.24 Å². The molecule has 1 fully saturated rings. The summed E-state index contributed by atoms with van der Waals surface area (Å²) < 4.78 is 15.4. The van der Waals surface area contributed by atoms with Crippen LogP contribution in [0.5, 0.6) is 0 Å². The monoisotopic (exact) mass is 467 g/mol. The molecule has 4 rings (SSSR count). The lowest BCUT2D eigenvalue weighted by Gasteiger charge is -2.35. The molecule has 0 spiro atoms. The number of rotatable bonds is 4. The van der Waals surface area contributed by atoms with E-state index >= 15 is 4.39 Å². The van der Waals surface area contributed by atoms with Crippen LogP contribution in [0.2, 0.25) is 0 Å². The number of benzene rings is 2. The average Bonchev–Trinajstić information content (AvgIpc) is 3.25. The molecule has 5 nitrogen and oxygen atoms in total. The molecular weight excluding hydrogens is 436 g/mol. The van der Waals surface area contributed by atoms with E-state index in [-0.39, 0.29) is 11.8 Å². The van der Waals surface area contributed by atoms with E-state index in [9.17, 15) is 9.59 Å². The highest BCUT2D eigenvalue weighted by Gasteiger charge is 2.46. The van der Waals surface area contributed by atoms with Crippen LogP contribution in [-0.2, 0) is 15.9 Å². The van der Waals surface area contributed by atoms with Crippen LogP contribution in [0.15, 0.2) is 36.9 Å². The number of likely N-dealkylation sites (tertiary alicyclic amines) is 1. The molecule has 174 valence electrons. The molecule has 2 aromatic rings. The summed E-state index contributed by atoms with van der Waals surface area (Å²) in [5.74, 6) is -0.732. The Kier molecular flexibility index (Phi) is 5.65. The molecule has 1 N–H and O–H groups in total. The fourth-order valence-corrected chi connectivity index (χ4v) is 5.90. The summed E-state index contributed by atoms with van der Waals surface area (Å²) >= 11 is 0. The van der Waals surface area contributed by atoms with Crippen LogP contribution in [0, 0.1) is 19.7 Å². The van der Waals surface area contributed by atoms with Gasteiger partial charge in [0.05, 0.1) is 16.6 Å². The molecule has 2 amide bonds. The van der Waals surface area contributed by atoms with Crippen molar-refractivity contribution >= 4 is 32.0 Å². The molecule has 7 heteroatoms. The van der Waals surface area contributed by atoms with Crippen molar-refractivity contribution < 1.29 is 14.0 Å². The number of fused-ring (bicyclic) bond motifs is 1. The summed E-state index contributed by atoms with van der Waals surface area (Å²) in [5.41, 5.74) is 3.34. The fraction of sp³-hybridized carbons (Fsp3) is 0.385. The van der Waals surface area contributed by atoms with Crippen LogP contribution in [0.3, 0.4) is 0 Å². The molecule has 2 aromatic carbocycles. The first-order valence-corrected chi connectivity index (χ1v) is 11.7. The zero-order valence-corrected chi connectivity index (χ0v) is 21.0. The van der Waals surface area contributed by atoms with Crippen LogP contribution in [0.25, 0.3) is 0 Å². The van der Waals surface area contributed by atoms with Gasteiger partial charge in [0.2, 0.25) is 5.91 Å². The molecule has 2 aliphatic rings. The topological polar surface area (TPSA) is 52.7 Å². The number of nitrogens with zero attached hydrogens (tertiary/aromatic N) is 2. The van der Waals surface area contributed by atoms with Gasteiger partial charge >= 0.3 is 0 Å². The highest BCUT2D eigenvalue weighted by Crippen LogP contribution is 2.43. The fourth-order valence-electron chi connectivity index (χ4n) is 5.32. The third kappa shape index (κ3) is 3.56. The molecule has 0 aliphatic carbocycles. The molecule has 0 radical (unpaired) electrons. The van der Waals surface area contributed by atoms with Gasteiger partial charge in [-0.1, -0.05) is 18.7 Å². The molecule has 2 atom stereocenters. The van der Waals surface area contributed by atoms with Crippen LogP contribution >= 0.6 is 9.24 Å². The molecule has 0 bridgehead atoms. The summed E-state index contributed by atoms with van der Waals surface area (Å²) in [6, 6.07) is 7.34. The Morgan fingerprint density at radius 2 is 1.94 bits per heavy atom. The van der Waals surface area contributed by atoms with Crippen molar-refractivity contribution in [3.63, 3.8) is 0 Å². The molecule has 2 aliphatic heterocycles. The van der Waals surface area contributed by atoms with Gasteiger partial charge in [0, 0.05) is 31.4 Å². The van der Waals surface area contributed by atoms with E-state index in [2.05, 4.69) is 41.0 Å². The number of aryl methyl sites for hydroxylation is 1. The van der Waals surface area contributed by atoms with Gasteiger partial charge in [0.25, 0.3) is 5.91 Å². The standard InChI is InChI=1S/C26H31FN3O2P/c1-7-21(31)30-11-10-26(14-30,22-16(3)15(2)8-9-20(22)33)28-17-12-18-23(19(27)13-17)25(4,5)29(6)24(18)32/h7-9,12-13,28H,1,10-11,14,33H2,2-6H3. The van der Waals surface area contributed by atoms with Crippen molar-refractivity contribution in [3.8, 4) is 0 Å². The number of hydrogen-bond acceptors (Lipinski definition) is 3. The maximum Gasteiger partial charge on any atom is 0.254 e. The Labute approximate surface area is 197 Å². The number of halogens is 1. The van der Waals surface area contributed by atoms with Gasteiger partial charge in [0.1, 0.15) is 5.82 Å². The Hall–Kier alpha value is -2.72.